The lowest BCUT2D eigenvalue weighted by Crippen LogP contribution is -2.34. The summed E-state index contributed by atoms with van der Waals surface area (Å²) >= 11 is 2.01. The fraction of sp³-hybridized carbons (Fsp3) is 0.450. The van der Waals surface area contributed by atoms with Crippen molar-refractivity contribution in [2.45, 2.75) is 30.6 Å². The molecule has 1 unspecified atom stereocenters. The number of anilines is 1. The van der Waals surface area contributed by atoms with Gasteiger partial charge in [-0.2, -0.15) is 0 Å². The summed E-state index contributed by atoms with van der Waals surface area (Å²) in [6.07, 6.45) is 5.37. The molecule has 2 aliphatic rings. The van der Waals surface area contributed by atoms with Crippen molar-refractivity contribution in [3.63, 3.8) is 0 Å². The summed E-state index contributed by atoms with van der Waals surface area (Å²) in [6, 6.07) is 15.2. The predicted molar refractivity (Wildman–Crippen MR) is 104 cm³/mol. The molecule has 2 aromatic rings. The standard InChI is InChI=1S/C20H25N3OS/c1-2-10-22-20(5-1)23-11-3-4-17(23)14-24-18-8-6-16(7-9-18)12-19-13-21-15-25-19/h1-2,5-10,17,19,21H,3-4,11-15H2/t17-,19?/m0/s1. The smallest absolute Gasteiger partial charge is 0.128 e. The quantitative estimate of drug-likeness (QED) is 0.860. The summed E-state index contributed by atoms with van der Waals surface area (Å²) < 4.78 is 6.08. The molecule has 132 valence electrons. The van der Waals surface area contributed by atoms with Crippen molar-refractivity contribution in [3.05, 3.63) is 54.2 Å². The number of pyridine rings is 1. The van der Waals surface area contributed by atoms with E-state index in [9.17, 15) is 0 Å². The number of nitrogens with zero attached hydrogens (tertiary/aromatic N) is 2. The first-order chi connectivity index (χ1) is 12.4. The third-order valence-electron chi connectivity index (χ3n) is 4.94. The van der Waals surface area contributed by atoms with Gasteiger partial charge in [0.25, 0.3) is 0 Å². The molecule has 0 aliphatic carbocycles. The van der Waals surface area contributed by atoms with Gasteiger partial charge in [-0.1, -0.05) is 18.2 Å². The van der Waals surface area contributed by atoms with Crippen LogP contribution in [0.3, 0.4) is 0 Å². The molecule has 0 radical (unpaired) electrons. The second-order valence-electron chi connectivity index (χ2n) is 6.72. The van der Waals surface area contributed by atoms with Gasteiger partial charge < -0.3 is 15.0 Å². The highest BCUT2D eigenvalue weighted by molar-refractivity contribution is 8.00. The van der Waals surface area contributed by atoms with Crippen LogP contribution in [0.4, 0.5) is 5.82 Å². The minimum absolute atomic E-state index is 0.413. The Balaban J connectivity index is 1.31. The molecule has 4 nitrogen and oxygen atoms in total. The number of nitrogens with one attached hydrogen (secondary N) is 1. The Morgan fingerprint density at radius 1 is 1.20 bits per heavy atom. The molecular formula is C20H25N3OS. The van der Waals surface area contributed by atoms with E-state index in [4.69, 9.17) is 4.74 Å². The van der Waals surface area contributed by atoms with Crippen LogP contribution >= 0.6 is 11.8 Å². The molecule has 0 amide bonds. The number of thioether (sulfide) groups is 1. The van der Waals surface area contributed by atoms with Gasteiger partial charge in [-0.25, -0.2) is 4.98 Å². The molecule has 2 aliphatic heterocycles. The minimum Gasteiger partial charge on any atom is -0.491 e. The Morgan fingerprint density at radius 2 is 2.12 bits per heavy atom. The van der Waals surface area contributed by atoms with Crippen LogP contribution in [0.5, 0.6) is 5.75 Å². The van der Waals surface area contributed by atoms with Gasteiger partial charge in [-0.15, -0.1) is 11.8 Å². The molecule has 0 bridgehead atoms. The summed E-state index contributed by atoms with van der Waals surface area (Å²) in [5.74, 6) is 3.11. The molecule has 1 aromatic carbocycles. The predicted octanol–water partition coefficient (Wildman–Crippen LogP) is 3.33. The van der Waals surface area contributed by atoms with Crippen LogP contribution in [-0.2, 0) is 6.42 Å². The number of rotatable bonds is 6. The van der Waals surface area contributed by atoms with Crippen molar-refractivity contribution in [3.8, 4) is 5.75 Å². The SMILES string of the molecule is c1ccc(N2CCC[C@H]2COc2ccc(CC3CNCS3)cc2)nc1. The highest BCUT2D eigenvalue weighted by Crippen LogP contribution is 2.25. The lowest BCUT2D eigenvalue weighted by molar-refractivity contribution is 0.288. The van der Waals surface area contributed by atoms with E-state index >= 15 is 0 Å². The summed E-state index contributed by atoms with van der Waals surface area (Å²) in [5, 5.41) is 4.11. The average molecular weight is 356 g/mol. The van der Waals surface area contributed by atoms with Crippen molar-refractivity contribution in [2.24, 2.45) is 0 Å². The van der Waals surface area contributed by atoms with Crippen molar-refractivity contribution in [2.75, 3.05) is 30.5 Å². The fourth-order valence-electron chi connectivity index (χ4n) is 3.60. The van der Waals surface area contributed by atoms with Crippen LogP contribution in [0.15, 0.2) is 48.7 Å². The van der Waals surface area contributed by atoms with Crippen molar-refractivity contribution in [1.82, 2.24) is 10.3 Å². The number of benzene rings is 1. The molecule has 0 saturated carbocycles. The first-order valence-corrected chi connectivity index (χ1v) is 10.1. The third-order valence-corrected chi connectivity index (χ3v) is 6.12. The van der Waals surface area contributed by atoms with Crippen molar-refractivity contribution < 1.29 is 4.74 Å². The number of hydrogen-bond acceptors (Lipinski definition) is 5. The van der Waals surface area contributed by atoms with Crippen molar-refractivity contribution >= 4 is 17.6 Å². The van der Waals surface area contributed by atoms with Crippen LogP contribution in [-0.4, -0.2) is 41.8 Å². The largest absolute Gasteiger partial charge is 0.491 e. The van der Waals surface area contributed by atoms with Crippen LogP contribution < -0.4 is 15.0 Å². The van der Waals surface area contributed by atoms with Gasteiger partial charge >= 0.3 is 0 Å². The molecule has 4 rings (SSSR count). The molecule has 1 N–H and O–H groups in total. The van der Waals surface area contributed by atoms with E-state index < -0.39 is 0 Å². The zero-order valence-electron chi connectivity index (χ0n) is 14.4. The Labute approximate surface area is 154 Å². The summed E-state index contributed by atoms with van der Waals surface area (Å²) in [5.41, 5.74) is 1.39. The number of ether oxygens (including phenoxy) is 1. The van der Waals surface area contributed by atoms with E-state index in [1.165, 1.54) is 18.4 Å². The zero-order chi connectivity index (χ0) is 16.9. The highest BCUT2D eigenvalue weighted by atomic mass is 32.2. The summed E-state index contributed by atoms with van der Waals surface area (Å²) in [6.45, 7) is 2.91. The van der Waals surface area contributed by atoms with E-state index in [0.717, 1.165) is 43.6 Å². The Kier molecular flexibility index (Phi) is 5.43. The number of aromatic nitrogens is 1. The molecule has 25 heavy (non-hydrogen) atoms. The second kappa shape index (κ2) is 8.11. The monoisotopic (exact) mass is 355 g/mol. The normalized spacial score (nSPS) is 23.1. The van der Waals surface area contributed by atoms with E-state index in [1.54, 1.807) is 0 Å². The number of hydrogen-bond donors (Lipinski definition) is 1. The van der Waals surface area contributed by atoms with Gasteiger partial charge in [0.05, 0.1) is 6.04 Å². The lowest BCUT2D eigenvalue weighted by Gasteiger charge is -2.25. The van der Waals surface area contributed by atoms with Gasteiger partial charge in [-0.05, 0) is 49.1 Å². The van der Waals surface area contributed by atoms with E-state index in [0.29, 0.717) is 11.3 Å². The van der Waals surface area contributed by atoms with Crippen LogP contribution in [0.1, 0.15) is 18.4 Å². The minimum atomic E-state index is 0.413. The topological polar surface area (TPSA) is 37.4 Å². The third kappa shape index (κ3) is 4.28. The first kappa shape index (κ1) is 16.7. The average Bonchev–Trinajstić information content (AvgIpc) is 3.33. The maximum atomic E-state index is 6.08. The lowest BCUT2D eigenvalue weighted by atomic mass is 10.1. The molecule has 2 fully saturated rings. The first-order valence-electron chi connectivity index (χ1n) is 9.10. The van der Waals surface area contributed by atoms with E-state index in [-0.39, 0.29) is 0 Å². The molecule has 2 atom stereocenters. The maximum absolute atomic E-state index is 6.08. The van der Waals surface area contributed by atoms with E-state index in [1.807, 2.05) is 24.0 Å². The molecule has 3 heterocycles. The summed E-state index contributed by atoms with van der Waals surface area (Å²) in [4.78, 5) is 6.86. The fourth-order valence-corrected chi connectivity index (χ4v) is 4.62. The second-order valence-corrected chi connectivity index (χ2v) is 8.01. The molecular weight excluding hydrogens is 330 g/mol. The van der Waals surface area contributed by atoms with Crippen LogP contribution in [0.25, 0.3) is 0 Å². The Morgan fingerprint density at radius 3 is 2.88 bits per heavy atom. The molecule has 2 saturated heterocycles. The van der Waals surface area contributed by atoms with Gasteiger partial charge in [0.15, 0.2) is 0 Å². The van der Waals surface area contributed by atoms with Gasteiger partial charge in [0, 0.05) is 30.4 Å². The van der Waals surface area contributed by atoms with Crippen molar-refractivity contribution in [1.29, 1.82) is 0 Å². The van der Waals surface area contributed by atoms with Crippen LogP contribution in [0.2, 0.25) is 0 Å². The Bertz CT molecular complexity index is 658. The Hall–Kier alpha value is -1.72. The highest BCUT2D eigenvalue weighted by Gasteiger charge is 2.26. The van der Waals surface area contributed by atoms with Gasteiger partial charge in [-0.3, -0.25) is 0 Å². The zero-order valence-corrected chi connectivity index (χ0v) is 15.3. The van der Waals surface area contributed by atoms with Gasteiger partial charge in [0.2, 0.25) is 0 Å². The molecule has 0 spiro atoms. The molecule has 5 heteroatoms. The van der Waals surface area contributed by atoms with E-state index in [2.05, 4.69) is 51.6 Å². The van der Waals surface area contributed by atoms with Gasteiger partial charge in [0.1, 0.15) is 18.2 Å². The van der Waals surface area contributed by atoms with Crippen LogP contribution in [0, 0.1) is 0 Å². The summed E-state index contributed by atoms with van der Waals surface area (Å²) in [7, 11) is 0. The maximum Gasteiger partial charge on any atom is 0.128 e. The molecule has 1 aromatic heterocycles.